The van der Waals surface area contributed by atoms with E-state index < -0.39 is 0 Å². The SMILES string of the molecule is CNCCC1(OC)CSC1. The summed E-state index contributed by atoms with van der Waals surface area (Å²) in [6.45, 7) is 1.06. The lowest BCUT2D eigenvalue weighted by atomic mass is 10.0. The van der Waals surface area contributed by atoms with Crippen LogP contribution in [0.3, 0.4) is 0 Å². The summed E-state index contributed by atoms with van der Waals surface area (Å²) in [6, 6.07) is 0. The van der Waals surface area contributed by atoms with Gasteiger partial charge in [0.05, 0.1) is 5.60 Å². The van der Waals surface area contributed by atoms with Gasteiger partial charge in [0.15, 0.2) is 0 Å². The van der Waals surface area contributed by atoms with Gasteiger partial charge in [-0.15, -0.1) is 0 Å². The van der Waals surface area contributed by atoms with Gasteiger partial charge in [-0.2, -0.15) is 11.8 Å². The maximum absolute atomic E-state index is 5.42. The normalized spacial score (nSPS) is 22.2. The van der Waals surface area contributed by atoms with Crippen molar-refractivity contribution in [2.75, 3.05) is 32.2 Å². The Hall–Kier alpha value is 0.270. The van der Waals surface area contributed by atoms with Crippen molar-refractivity contribution >= 4 is 11.8 Å². The molecule has 2 nitrogen and oxygen atoms in total. The highest BCUT2D eigenvalue weighted by molar-refractivity contribution is 8.00. The summed E-state index contributed by atoms with van der Waals surface area (Å²) < 4.78 is 5.42. The van der Waals surface area contributed by atoms with E-state index in [-0.39, 0.29) is 5.60 Å². The summed E-state index contributed by atoms with van der Waals surface area (Å²) in [5.74, 6) is 2.34. The predicted octanol–water partition coefficient (Wildman–Crippen LogP) is 0.728. The highest BCUT2D eigenvalue weighted by Gasteiger charge is 2.36. The number of hydrogen-bond acceptors (Lipinski definition) is 3. The molecule has 0 amide bonds. The van der Waals surface area contributed by atoms with Crippen molar-refractivity contribution in [2.24, 2.45) is 0 Å². The zero-order chi connectivity index (χ0) is 7.45. The molecule has 1 rings (SSSR count). The van der Waals surface area contributed by atoms with Crippen LogP contribution in [0.4, 0.5) is 0 Å². The molecule has 0 atom stereocenters. The fourth-order valence-corrected chi connectivity index (χ4v) is 2.23. The molecule has 0 aliphatic carbocycles. The first-order valence-corrected chi connectivity index (χ1v) is 4.76. The van der Waals surface area contributed by atoms with Crippen LogP contribution < -0.4 is 5.32 Å². The van der Waals surface area contributed by atoms with Crippen LogP contribution in [0, 0.1) is 0 Å². The quantitative estimate of drug-likeness (QED) is 0.656. The van der Waals surface area contributed by atoms with Crippen molar-refractivity contribution in [3.8, 4) is 0 Å². The second-order valence-corrected chi connectivity index (χ2v) is 3.72. The summed E-state index contributed by atoms with van der Waals surface area (Å²) in [6.07, 6.45) is 1.15. The molecule has 1 heterocycles. The number of methoxy groups -OCH3 is 1. The van der Waals surface area contributed by atoms with Gasteiger partial charge in [-0.3, -0.25) is 0 Å². The third-order valence-electron chi connectivity index (χ3n) is 1.99. The van der Waals surface area contributed by atoms with Gasteiger partial charge in [0.1, 0.15) is 0 Å². The third kappa shape index (κ3) is 1.65. The van der Waals surface area contributed by atoms with Gasteiger partial charge in [-0.25, -0.2) is 0 Å². The molecule has 0 aromatic heterocycles. The summed E-state index contributed by atoms with van der Waals surface area (Å²) in [5, 5.41) is 3.14. The number of thioether (sulfide) groups is 1. The Morgan fingerprint density at radius 3 is 2.60 bits per heavy atom. The van der Waals surface area contributed by atoms with Crippen LogP contribution >= 0.6 is 11.8 Å². The van der Waals surface area contributed by atoms with Gasteiger partial charge < -0.3 is 10.1 Å². The lowest BCUT2D eigenvalue weighted by Crippen LogP contribution is -2.46. The maximum atomic E-state index is 5.42. The molecule has 0 aromatic rings. The van der Waals surface area contributed by atoms with E-state index in [0.717, 1.165) is 13.0 Å². The van der Waals surface area contributed by atoms with E-state index in [4.69, 9.17) is 4.74 Å². The van der Waals surface area contributed by atoms with Crippen molar-refractivity contribution in [1.82, 2.24) is 5.32 Å². The van der Waals surface area contributed by atoms with Crippen LogP contribution in [0.25, 0.3) is 0 Å². The van der Waals surface area contributed by atoms with Gasteiger partial charge in [-0.05, 0) is 20.0 Å². The van der Waals surface area contributed by atoms with Crippen LogP contribution in [-0.4, -0.2) is 37.8 Å². The lowest BCUT2D eigenvalue weighted by Gasteiger charge is -2.39. The average molecular weight is 161 g/mol. The fraction of sp³-hybridized carbons (Fsp3) is 1.00. The van der Waals surface area contributed by atoms with Crippen LogP contribution in [0.2, 0.25) is 0 Å². The Morgan fingerprint density at radius 2 is 2.30 bits per heavy atom. The summed E-state index contributed by atoms with van der Waals surface area (Å²) >= 11 is 1.97. The zero-order valence-electron chi connectivity index (χ0n) is 6.64. The van der Waals surface area contributed by atoms with Gasteiger partial charge in [0.2, 0.25) is 0 Å². The van der Waals surface area contributed by atoms with Gasteiger partial charge in [0.25, 0.3) is 0 Å². The van der Waals surface area contributed by atoms with Crippen LogP contribution in [0.1, 0.15) is 6.42 Å². The first-order valence-electron chi connectivity index (χ1n) is 3.60. The topological polar surface area (TPSA) is 21.3 Å². The minimum Gasteiger partial charge on any atom is -0.376 e. The van der Waals surface area contributed by atoms with Crippen molar-refractivity contribution in [1.29, 1.82) is 0 Å². The van der Waals surface area contributed by atoms with Gasteiger partial charge >= 0.3 is 0 Å². The molecule has 0 spiro atoms. The molecular weight excluding hydrogens is 146 g/mol. The molecule has 0 saturated carbocycles. The second-order valence-electron chi connectivity index (χ2n) is 2.73. The molecule has 10 heavy (non-hydrogen) atoms. The largest absolute Gasteiger partial charge is 0.376 e. The van der Waals surface area contributed by atoms with Crippen LogP contribution in [0.15, 0.2) is 0 Å². The number of nitrogens with one attached hydrogen (secondary N) is 1. The Balaban J connectivity index is 2.20. The predicted molar refractivity (Wildman–Crippen MR) is 45.6 cm³/mol. The number of hydrogen-bond donors (Lipinski definition) is 1. The third-order valence-corrected chi connectivity index (χ3v) is 3.45. The minimum absolute atomic E-state index is 0.216. The molecule has 3 heteroatoms. The first kappa shape index (κ1) is 8.37. The summed E-state index contributed by atoms with van der Waals surface area (Å²) in [5.41, 5.74) is 0.216. The van der Waals surface area contributed by atoms with E-state index in [1.165, 1.54) is 11.5 Å². The standard InChI is InChI=1S/C7H15NOS/c1-8-4-3-7(9-2)5-10-6-7/h8H,3-6H2,1-2H3. The molecule has 0 aromatic carbocycles. The van der Waals surface area contributed by atoms with E-state index in [1.807, 2.05) is 25.9 Å². The Labute approximate surface area is 66.7 Å². The Morgan fingerprint density at radius 1 is 1.60 bits per heavy atom. The smallest absolute Gasteiger partial charge is 0.0870 e. The summed E-state index contributed by atoms with van der Waals surface area (Å²) in [7, 11) is 3.80. The average Bonchev–Trinajstić information content (AvgIpc) is 1.87. The molecule has 0 bridgehead atoms. The first-order chi connectivity index (χ1) is 4.83. The minimum atomic E-state index is 0.216. The lowest BCUT2D eigenvalue weighted by molar-refractivity contribution is 0.0151. The molecule has 60 valence electrons. The summed E-state index contributed by atoms with van der Waals surface area (Å²) in [4.78, 5) is 0. The molecule has 1 saturated heterocycles. The molecule has 1 aliphatic heterocycles. The Kier molecular flexibility index (Phi) is 3.01. The van der Waals surface area contributed by atoms with E-state index in [0.29, 0.717) is 0 Å². The number of rotatable bonds is 4. The number of ether oxygens (including phenoxy) is 1. The van der Waals surface area contributed by atoms with Crippen molar-refractivity contribution in [3.63, 3.8) is 0 Å². The monoisotopic (exact) mass is 161 g/mol. The van der Waals surface area contributed by atoms with Crippen LogP contribution in [0.5, 0.6) is 0 Å². The molecule has 1 fully saturated rings. The van der Waals surface area contributed by atoms with Gasteiger partial charge in [0, 0.05) is 18.6 Å². The van der Waals surface area contributed by atoms with Crippen molar-refractivity contribution < 1.29 is 4.74 Å². The van der Waals surface area contributed by atoms with E-state index in [2.05, 4.69) is 5.32 Å². The maximum Gasteiger partial charge on any atom is 0.0870 e. The van der Waals surface area contributed by atoms with Gasteiger partial charge in [-0.1, -0.05) is 0 Å². The van der Waals surface area contributed by atoms with Crippen molar-refractivity contribution in [2.45, 2.75) is 12.0 Å². The van der Waals surface area contributed by atoms with E-state index in [1.54, 1.807) is 0 Å². The Bertz CT molecular complexity index is 98.3. The second kappa shape index (κ2) is 3.60. The van der Waals surface area contributed by atoms with Crippen molar-refractivity contribution in [3.05, 3.63) is 0 Å². The molecule has 1 N–H and O–H groups in total. The molecule has 0 unspecified atom stereocenters. The highest BCUT2D eigenvalue weighted by Crippen LogP contribution is 2.34. The van der Waals surface area contributed by atoms with E-state index in [9.17, 15) is 0 Å². The molecule has 1 aliphatic rings. The highest BCUT2D eigenvalue weighted by atomic mass is 32.2. The van der Waals surface area contributed by atoms with E-state index >= 15 is 0 Å². The van der Waals surface area contributed by atoms with Crippen LogP contribution in [-0.2, 0) is 4.74 Å². The zero-order valence-corrected chi connectivity index (χ0v) is 7.46. The molecule has 0 radical (unpaired) electrons. The fourth-order valence-electron chi connectivity index (χ4n) is 1.05. The molecular formula is C7H15NOS.